The number of hydrogen-bond donors (Lipinski definition) is 0. The third-order valence-corrected chi connectivity index (χ3v) is 7.02. The molecule has 0 aromatic heterocycles. The number of para-hydroxylation sites is 3. The summed E-state index contributed by atoms with van der Waals surface area (Å²) < 4.78 is 0. The van der Waals surface area contributed by atoms with Crippen LogP contribution in [0.5, 0.6) is 0 Å². The zero-order valence-corrected chi connectivity index (χ0v) is 19.6. The van der Waals surface area contributed by atoms with Gasteiger partial charge in [0.2, 0.25) is 0 Å². The van der Waals surface area contributed by atoms with Gasteiger partial charge in [0, 0.05) is 16.8 Å². The standard InChI is InChI=1S/C34H27N/c1-4-16-29(17-5-1)34(25-24-27-14-10-11-15-28(27)26-34)32-22-12-13-23-33(32)35(30-18-6-2-7-19-30)31-20-8-3-9-21-31/h1-25H,26H2. The number of rotatable bonds is 5. The van der Waals surface area contributed by atoms with Crippen molar-refractivity contribution in [1.82, 2.24) is 0 Å². The van der Waals surface area contributed by atoms with Crippen LogP contribution in [0.1, 0.15) is 22.3 Å². The molecule has 0 radical (unpaired) electrons. The first kappa shape index (κ1) is 21.2. The molecule has 0 N–H and O–H groups in total. The SMILES string of the molecule is C1=CC(c2ccccc2)(c2ccccc2N(c2ccccc2)c2ccccc2)Cc2ccccc21. The van der Waals surface area contributed by atoms with E-state index in [2.05, 4.69) is 157 Å². The Morgan fingerprint density at radius 1 is 0.514 bits per heavy atom. The van der Waals surface area contributed by atoms with Crippen LogP contribution in [-0.4, -0.2) is 0 Å². The fraction of sp³-hybridized carbons (Fsp3) is 0.0588. The van der Waals surface area contributed by atoms with Gasteiger partial charge in [0.05, 0.1) is 5.69 Å². The smallest absolute Gasteiger partial charge is 0.0506 e. The van der Waals surface area contributed by atoms with Gasteiger partial charge in [0.1, 0.15) is 0 Å². The summed E-state index contributed by atoms with van der Waals surface area (Å²) in [7, 11) is 0. The molecule has 35 heavy (non-hydrogen) atoms. The molecule has 0 fully saturated rings. The molecule has 0 spiro atoms. The largest absolute Gasteiger partial charge is 0.310 e. The topological polar surface area (TPSA) is 3.24 Å². The highest BCUT2D eigenvalue weighted by molar-refractivity contribution is 5.81. The van der Waals surface area contributed by atoms with Gasteiger partial charge in [-0.3, -0.25) is 0 Å². The first-order valence-electron chi connectivity index (χ1n) is 12.2. The van der Waals surface area contributed by atoms with Crippen LogP contribution in [0.3, 0.4) is 0 Å². The molecule has 0 bridgehead atoms. The van der Waals surface area contributed by atoms with Gasteiger partial charge in [-0.05, 0) is 59.0 Å². The average Bonchev–Trinajstić information content (AvgIpc) is 2.95. The van der Waals surface area contributed by atoms with Crippen molar-refractivity contribution in [2.24, 2.45) is 0 Å². The Morgan fingerprint density at radius 3 is 1.74 bits per heavy atom. The van der Waals surface area contributed by atoms with Crippen LogP contribution >= 0.6 is 0 Å². The Balaban J connectivity index is 1.61. The Bertz CT molecular complexity index is 1420. The number of allylic oxidation sites excluding steroid dienone is 1. The van der Waals surface area contributed by atoms with E-state index in [1.807, 2.05) is 0 Å². The molecule has 1 nitrogen and oxygen atoms in total. The molecule has 0 saturated heterocycles. The van der Waals surface area contributed by atoms with Crippen LogP contribution < -0.4 is 4.90 Å². The molecule has 5 aromatic rings. The Kier molecular flexibility index (Phi) is 5.52. The predicted molar refractivity (Wildman–Crippen MR) is 148 cm³/mol. The van der Waals surface area contributed by atoms with Gasteiger partial charge in [-0.25, -0.2) is 0 Å². The highest BCUT2D eigenvalue weighted by atomic mass is 15.1. The van der Waals surface area contributed by atoms with Crippen LogP contribution in [0.2, 0.25) is 0 Å². The number of benzene rings is 5. The number of nitrogens with zero attached hydrogens (tertiary/aromatic N) is 1. The van der Waals surface area contributed by atoms with Crippen molar-refractivity contribution in [3.63, 3.8) is 0 Å². The van der Waals surface area contributed by atoms with Crippen molar-refractivity contribution in [2.45, 2.75) is 11.8 Å². The molecule has 1 aliphatic carbocycles. The van der Waals surface area contributed by atoms with E-state index in [1.165, 1.54) is 27.9 Å². The Hall–Kier alpha value is -4.36. The van der Waals surface area contributed by atoms with Gasteiger partial charge in [0.15, 0.2) is 0 Å². The highest BCUT2D eigenvalue weighted by Gasteiger charge is 2.37. The average molecular weight is 450 g/mol. The van der Waals surface area contributed by atoms with Gasteiger partial charge in [-0.15, -0.1) is 0 Å². The molecule has 1 unspecified atom stereocenters. The summed E-state index contributed by atoms with van der Waals surface area (Å²) in [6.07, 6.45) is 5.63. The zero-order chi connectivity index (χ0) is 23.5. The molecule has 1 atom stereocenters. The number of hydrogen-bond acceptors (Lipinski definition) is 1. The lowest BCUT2D eigenvalue weighted by Gasteiger charge is -2.39. The van der Waals surface area contributed by atoms with Gasteiger partial charge < -0.3 is 4.90 Å². The summed E-state index contributed by atoms with van der Waals surface area (Å²) in [6, 6.07) is 49.9. The fourth-order valence-electron chi connectivity index (χ4n) is 5.35. The second-order valence-electron chi connectivity index (χ2n) is 9.07. The third kappa shape index (κ3) is 3.86. The lowest BCUT2D eigenvalue weighted by Crippen LogP contribution is -2.32. The molecule has 1 heteroatoms. The van der Waals surface area contributed by atoms with Crippen LogP contribution in [0, 0.1) is 0 Å². The molecule has 1 aliphatic rings. The normalized spacial score (nSPS) is 16.5. The van der Waals surface area contributed by atoms with Crippen molar-refractivity contribution in [3.05, 3.63) is 168 Å². The zero-order valence-electron chi connectivity index (χ0n) is 19.6. The molecular weight excluding hydrogens is 422 g/mol. The Labute approximate surface area is 207 Å². The molecule has 0 heterocycles. The van der Waals surface area contributed by atoms with E-state index in [0.717, 1.165) is 17.8 Å². The van der Waals surface area contributed by atoms with E-state index < -0.39 is 0 Å². The second-order valence-corrected chi connectivity index (χ2v) is 9.07. The Morgan fingerprint density at radius 2 is 1.06 bits per heavy atom. The van der Waals surface area contributed by atoms with Gasteiger partial charge in [-0.2, -0.15) is 0 Å². The maximum atomic E-state index is 2.41. The predicted octanol–water partition coefficient (Wildman–Crippen LogP) is 8.71. The molecule has 0 amide bonds. The van der Waals surface area contributed by atoms with E-state index in [0.29, 0.717) is 0 Å². The number of anilines is 3. The summed E-state index contributed by atoms with van der Waals surface area (Å²) in [5, 5.41) is 0. The molecule has 168 valence electrons. The van der Waals surface area contributed by atoms with E-state index in [4.69, 9.17) is 0 Å². The van der Waals surface area contributed by atoms with Crippen LogP contribution in [-0.2, 0) is 11.8 Å². The third-order valence-electron chi connectivity index (χ3n) is 7.02. The van der Waals surface area contributed by atoms with Crippen molar-refractivity contribution in [3.8, 4) is 0 Å². The monoisotopic (exact) mass is 449 g/mol. The summed E-state index contributed by atoms with van der Waals surface area (Å²) in [5.74, 6) is 0. The maximum absolute atomic E-state index is 2.41. The lowest BCUT2D eigenvalue weighted by molar-refractivity contribution is 0.634. The second kappa shape index (κ2) is 9.12. The molecule has 0 aliphatic heterocycles. The van der Waals surface area contributed by atoms with Crippen LogP contribution in [0.25, 0.3) is 6.08 Å². The summed E-state index contributed by atoms with van der Waals surface area (Å²) in [6.45, 7) is 0. The van der Waals surface area contributed by atoms with E-state index in [1.54, 1.807) is 0 Å². The highest BCUT2D eigenvalue weighted by Crippen LogP contribution is 2.47. The quantitative estimate of drug-likeness (QED) is 0.259. The minimum Gasteiger partial charge on any atom is -0.310 e. The van der Waals surface area contributed by atoms with Crippen LogP contribution in [0.15, 0.2) is 146 Å². The van der Waals surface area contributed by atoms with Crippen molar-refractivity contribution in [1.29, 1.82) is 0 Å². The van der Waals surface area contributed by atoms with Gasteiger partial charge in [-0.1, -0.05) is 121 Å². The first-order chi connectivity index (χ1) is 17.4. The molecule has 0 saturated carbocycles. The fourth-order valence-corrected chi connectivity index (χ4v) is 5.35. The van der Waals surface area contributed by atoms with Crippen molar-refractivity contribution in [2.75, 3.05) is 4.90 Å². The van der Waals surface area contributed by atoms with Crippen molar-refractivity contribution >= 4 is 23.1 Å². The number of fused-ring (bicyclic) bond motifs is 1. The minimum absolute atomic E-state index is 0.284. The summed E-state index contributed by atoms with van der Waals surface area (Å²) in [4.78, 5) is 2.38. The first-order valence-corrected chi connectivity index (χ1v) is 12.2. The van der Waals surface area contributed by atoms with Gasteiger partial charge in [0.25, 0.3) is 0 Å². The van der Waals surface area contributed by atoms with Gasteiger partial charge >= 0.3 is 0 Å². The van der Waals surface area contributed by atoms with E-state index >= 15 is 0 Å². The summed E-state index contributed by atoms with van der Waals surface area (Å²) in [5.41, 5.74) is 8.48. The maximum Gasteiger partial charge on any atom is 0.0506 e. The molecule has 6 rings (SSSR count). The summed E-state index contributed by atoms with van der Waals surface area (Å²) >= 11 is 0. The van der Waals surface area contributed by atoms with E-state index in [-0.39, 0.29) is 5.41 Å². The minimum atomic E-state index is -0.284. The lowest BCUT2D eigenvalue weighted by atomic mass is 9.66. The van der Waals surface area contributed by atoms with Crippen LogP contribution in [0.4, 0.5) is 17.1 Å². The van der Waals surface area contributed by atoms with E-state index in [9.17, 15) is 0 Å². The molecular formula is C34H27N. The van der Waals surface area contributed by atoms with Crippen molar-refractivity contribution < 1.29 is 0 Å². The molecule has 5 aromatic carbocycles.